The van der Waals surface area contributed by atoms with Gasteiger partial charge in [0.1, 0.15) is 0 Å². The molecule has 1 aromatic heterocycles. The molecule has 0 unspecified atom stereocenters. The zero-order chi connectivity index (χ0) is 11.2. The normalized spacial score (nSPS) is 17.1. The third-order valence-electron chi connectivity index (χ3n) is 3.06. The van der Waals surface area contributed by atoms with Crippen LogP contribution in [0.1, 0.15) is 43.8 Å². The Bertz CT molecular complexity index is 308. The van der Waals surface area contributed by atoms with Crippen LogP contribution < -0.4 is 0 Å². The average Bonchev–Trinajstić information content (AvgIpc) is 2.94. The van der Waals surface area contributed by atoms with Gasteiger partial charge < -0.3 is 5.11 Å². The molecule has 1 aliphatic carbocycles. The van der Waals surface area contributed by atoms with Gasteiger partial charge in [0.2, 0.25) is 0 Å². The van der Waals surface area contributed by atoms with E-state index in [1.54, 1.807) is 0 Å². The Morgan fingerprint density at radius 2 is 2.25 bits per heavy atom. The highest BCUT2D eigenvalue weighted by Crippen LogP contribution is 2.28. The summed E-state index contributed by atoms with van der Waals surface area (Å²) >= 11 is 1.85. The topological polar surface area (TPSA) is 38.0 Å². The predicted molar refractivity (Wildman–Crippen MR) is 67.6 cm³/mol. The average molecular weight is 240 g/mol. The lowest BCUT2D eigenvalue weighted by atomic mass is 10.3. The maximum atomic E-state index is 8.68. The van der Waals surface area contributed by atoms with E-state index in [1.165, 1.54) is 31.4 Å². The van der Waals surface area contributed by atoms with E-state index in [0.717, 1.165) is 17.9 Å². The van der Waals surface area contributed by atoms with Gasteiger partial charge in [0, 0.05) is 18.6 Å². The summed E-state index contributed by atoms with van der Waals surface area (Å²) in [6.07, 6.45) is 8.29. The van der Waals surface area contributed by atoms with Crippen molar-refractivity contribution in [1.29, 1.82) is 0 Å². The molecule has 1 fully saturated rings. The van der Waals surface area contributed by atoms with Gasteiger partial charge in [-0.2, -0.15) is 16.9 Å². The van der Waals surface area contributed by atoms with Crippen molar-refractivity contribution in [2.24, 2.45) is 0 Å². The Balaban J connectivity index is 1.77. The van der Waals surface area contributed by atoms with Crippen molar-refractivity contribution in [2.75, 3.05) is 12.4 Å². The fourth-order valence-corrected chi connectivity index (χ4v) is 3.01. The molecular formula is C12H20N2OS. The number of hydrogen-bond acceptors (Lipinski definition) is 3. The highest BCUT2D eigenvalue weighted by atomic mass is 32.2. The first-order valence-electron chi connectivity index (χ1n) is 6.13. The summed E-state index contributed by atoms with van der Waals surface area (Å²) in [5.74, 6) is 1.99. The molecule has 0 radical (unpaired) electrons. The minimum absolute atomic E-state index is 0.295. The van der Waals surface area contributed by atoms with E-state index in [1.807, 2.05) is 11.8 Å². The first-order valence-corrected chi connectivity index (χ1v) is 7.28. The van der Waals surface area contributed by atoms with Gasteiger partial charge in [0.05, 0.1) is 11.7 Å². The molecule has 0 spiro atoms. The van der Waals surface area contributed by atoms with Crippen molar-refractivity contribution in [2.45, 2.75) is 43.9 Å². The van der Waals surface area contributed by atoms with Crippen LogP contribution in [0.2, 0.25) is 0 Å². The van der Waals surface area contributed by atoms with Gasteiger partial charge in [-0.15, -0.1) is 0 Å². The van der Waals surface area contributed by atoms with Crippen molar-refractivity contribution in [3.63, 3.8) is 0 Å². The molecular weight excluding hydrogens is 220 g/mol. The second kappa shape index (κ2) is 6.30. The molecule has 0 aliphatic heterocycles. The largest absolute Gasteiger partial charge is 0.396 e. The summed E-state index contributed by atoms with van der Waals surface area (Å²) in [5, 5.41) is 13.3. The maximum absolute atomic E-state index is 8.68. The predicted octanol–water partition coefficient (Wildman–Crippen LogP) is 2.61. The summed E-state index contributed by atoms with van der Waals surface area (Å²) in [7, 11) is 0. The van der Waals surface area contributed by atoms with Gasteiger partial charge in [-0.05, 0) is 31.1 Å². The molecule has 0 amide bonds. The zero-order valence-electron chi connectivity index (χ0n) is 9.64. The van der Waals surface area contributed by atoms with Crippen LogP contribution in [0.5, 0.6) is 0 Å². The van der Waals surface area contributed by atoms with Crippen LogP contribution in [0.4, 0.5) is 0 Å². The quantitative estimate of drug-likeness (QED) is 0.777. The SMILES string of the molecule is OCCCSCc1ccn(C2CCCC2)n1. The first kappa shape index (κ1) is 12.0. The van der Waals surface area contributed by atoms with Gasteiger partial charge >= 0.3 is 0 Å². The van der Waals surface area contributed by atoms with Crippen LogP contribution in [0.25, 0.3) is 0 Å². The molecule has 0 aromatic carbocycles. The molecule has 0 atom stereocenters. The van der Waals surface area contributed by atoms with Crippen LogP contribution in [0.3, 0.4) is 0 Å². The lowest BCUT2D eigenvalue weighted by molar-refractivity contribution is 0.296. The number of rotatable bonds is 6. The van der Waals surface area contributed by atoms with Crippen molar-refractivity contribution < 1.29 is 5.11 Å². The second-order valence-electron chi connectivity index (χ2n) is 4.36. The van der Waals surface area contributed by atoms with Gasteiger partial charge in [-0.3, -0.25) is 4.68 Å². The van der Waals surface area contributed by atoms with E-state index in [0.29, 0.717) is 12.6 Å². The molecule has 0 saturated heterocycles. The molecule has 1 heterocycles. The van der Waals surface area contributed by atoms with Crippen LogP contribution in [-0.2, 0) is 5.75 Å². The number of hydrogen-bond donors (Lipinski definition) is 1. The van der Waals surface area contributed by atoms with E-state index in [2.05, 4.69) is 22.0 Å². The fraction of sp³-hybridized carbons (Fsp3) is 0.750. The number of aromatic nitrogens is 2. The number of aliphatic hydroxyl groups is 1. The standard InChI is InChI=1S/C12H20N2OS/c15-8-3-9-16-10-11-6-7-14(13-11)12-4-1-2-5-12/h6-7,12,15H,1-5,8-10H2. The fourth-order valence-electron chi connectivity index (χ4n) is 2.17. The zero-order valence-corrected chi connectivity index (χ0v) is 10.5. The van der Waals surface area contributed by atoms with Gasteiger partial charge in [-0.1, -0.05) is 12.8 Å². The van der Waals surface area contributed by atoms with E-state index < -0.39 is 0 Å². The lowest BCUT2D eigenvalue weighted by Crippen LogP contribution is -2.05. The summed E-state index contributed by atoms with van der Waals surface area (Å²) in [5.41, 5.74) is 1.18. The van der Waals surface area contributed by atoms with Crippen molar-refractivity contribution in [3.8, 4) is 0 Å². The molecule has 1 aromatic rings. The van der Waals surface area contributed by atoms with Gasteiger partial charge in [0.25, 0.3) is 0 Å². The Hall–Kier alpha value is -0.480. The highest BCUT2D eigenvalue weighted by molar-refractivity contribution is 7.98. The Morgan fingerprint density at radius 1 is 1.44 bits per heavy atom. The monoisotopic (exact) mass is 240 g/mol. The van der Waals surface area contributed by atoms with E-state index in [4.69, 9.17) is 5.11 Å². The summed E-state index contributed by atoms with van der Waals surface area (Å²) in [4.78, 5) is 0. The highest BCUT2D eigenvalue weighted by Gasteiger charge is 2.17. The van der Waals surface area contributed by atoms with Gasteiger partial charge in [-0.25, -0.2) is 0 Å². The minimum Gasteiger partial charge on any atom is -0.396 e. The third-order valence-corrected chi connectivity index (χ3v) is 4.14. The molecule has 1 N–H and O–H groups in total. The molecule has 16 heavy (non-hydrogen) atoms. The summed E-state index contributed by atoms with van der Waals surface area (Å²) < 4.78 is 2.15. The molecule has 3 nitrogen and oxygen atoms in total. The molecule has 1 aliphatic rings. The van der Waals surface area contributed by atoms with Crippen LogP contribution in [0, 0.1) is 0 Å². The molecule has 90 valence electrons. The Labute approximate surface area is 101 Å². The summed E-state index contributed by atoms with van der Waals surface area (Å²) in [6.45, 7) is 0.295. The van der Waals surface area contributed by atoms with E-state index in [9.17, 15) is 0 Å². The Morgan fingerprint density at radius 3 is 3.00 bits per heavy atom. The van der Waals surface area contributed by atoms with Crippen LogP contribution in [0.15, 0.2) is 12.3 Å². The van der Waals surface area contributed by atoms with E-state index >= 15 is 0 Å². The van der Waals surface area contributed by atoms with Crippen molar-refractivity contribution >= 4 is 11.8 Å². The first-order chi connectivity index (χ1) is 7.90. The Kier molecular flexibility index (Phi) is 4.72. The van der Waals surface area contributed by atoms with Crippen LogP contribution >= 0.6 is 11.8 Å². The maximum Gasteiger partial charge on any atom is 0.0723 e. The minimum atomic E-state index is 0.295. The molecule has 4 heteroatoms. The van der Waals surface area contributed by atoms with Crippen LogP contribution in [-0.4, -0.2) is 27.2 Å². The summed E-state index contributed by atoms with van der Waals surface area (Å²) in [6, 6.07) is 2.78. The second-order valence-corrected chi connectivity index (χ2v) is 5.46. The van der Waals surface area contributed by atoms with Crippen molar-refractivity contribution in [3.05, 3.63) is 18.0 Å². The van der Waals surface area contributed by atoms with Crippen molar-refractivity contribution in [1.82, 2.24) is 9.78 Å². The molecule has 1 saturated carbocycles. The molecule has 2 rings (SSSR count). The van der Waals surface area contributed by atoms with Gasteiger partial charge in [0.15, 0.2) is 0 Å². The smallest absolute Gasteiger partial charge is 0.0723 e. The molecule has 0 bridgehead atoms. The number of aliphatic hydroxyl groups excluding tert-OH is 1. The number of thioether (sulfide) groups is 1. The lowest BCUT2D eigenvalue weighted by Gasteiger charge is -2.08. The van der Waals surface area contributed by atoms with E-state index in [-0.39, 0.29) is 0 Å². The number of nitrogens with zero attached hydrogens (tertiary/aromatic N) is 2. The third kappa shape index (κ3) is 3.25.